The highest BCUT2D eigenvalue weighted by Crippen LogP contribution is 2.17. The lowest BCUT2D eigenvalue weighted by Crippen LogP contribution is -2.12. The van der Waals surface area contributed by atoms with Crippen LogP contribution in [0.2, 0.25) is 0 Å². The second-order valence-corrected chi connectivity index (χ2v) is 5.00. The largest absolute Gasteiger partial charge is 0.378 e. The van der Waals surface area contributed by atoms with E-state index in [4.69, 9.17) is 11.6 Å². The number of halogens is 1. The van der Waals surface area contributed by atoms with Crippen LogP contribution >= 0.6 is 11.6 Å². The van der Waals surface area contributed by atoms with Crippen molar-refractivity contribution in [2.75, 3.05) is 24.3 Å². The van der Waals surface area contributed by atoms with Gasteiger partial charge in [0, 0.05) is 36.9 Å². The van der Waals surface area contributed by atoms with E-state index < -0.39 is 0 Å². The molecule has 0 aromatic heterocycles. The molecule has 0 fully saturated rings. The van der Waals surface area contributed by atoms with E-state index in [9.17, 15) is 4.79 Å². The summed E-state index contributed by atoms with van der Waals surface area (Å²) < 4.78 is 0. The molecule has 4 heteroatoms. The normalized spacial score (nSPS) is 10.2. The van der Waals surface area contributed by atoms with Crippen LogP contribution in [-0.4, -0.2) is 20.0 Å². The minimum atomic E-state index is -0.130. The second kappa shape index (κ2) is 6.44. The highest BCUT2D eigenvalue weighted by molar-refractivity contribution is 6.17. The van der Waals surface area contributed by atoms with Crippen LogP contribution < -0.4 is 10.2 Å². The second-order valence-electron chi connectivity index (χ2n) is 4.73. The van der Waals surface area contributed by atoms with Crippen LogP contribution in [0.15, 0.2) is 48.5 Å². The van der Waals surface area contributed by atoms with Gasteiger partial charge in [-0.05, 0) is 42.0 Å². The Bertz CT molecular complexity index is 594. The van der Waals surface area contributed by atoms with Crippen LogP contribution in [0.3, 0.4) is 0 Å². The fraction of sp³-hybridized carbons (Fsp3) is 0.188. The Balaban J connectivity index is 2.10. The predicted octanol–water partition coefficient (Wildman–Crippen LogP) is 3.74. The van der Waals surface area contributed by atoms with Gasteiger partial charge in [-0.25, -0.2) is 0 Å². The Kier molecular flexibility index (Phi) is 4.64. The molecule has 0 heterocycles. The standard InChI is InChI=1S/C16H17ClN2O/c1-19(2)15-8-6-14(7-9-15)18-16(20)13-5-3-4-12(10-13)11-17/h3-10H,11H2,1-2H3,(H,18,20). The zero-order valence-corrected chi connectivity index (χ0v) is 12.3. The predicted molar refractivity (Wildman–Crippen MR) is 84.7 cm³/mol. The highest BCUT2D eigenvalue weighted by atomic mass is 35.5. The van der Waals surface area contributed by atoms with Gasteiger partial charge >= 0.3 is 0 Å². The van der Waals surface area contributed by atoms with Crippen LogP contribution in [-0.2, 0) is 5.88 Å². The molecular formula is C16H17ClN2O. The monoisotopic (exact) mass is 288 g/mol. The summed E-state index contributed by atoms with van der Waals surface area (Å²) in [6, 6.07) is 15.0. The quantitative estimate of drug-likeness (QED) is 0.869. The molecule has 0 saturated heterocycles. The Morgan fingerprint density at radius 3 is 2.45 bits per heavy atom. The Labute approximate surface area is 124 Å². The maximum absolute atomic E-state index is 12.1. The zero-order valence-electron chi connectivity index (χ0n) is 11.6. The molecule has 0 aliphatic rings. The Morgan fingerprint density at radius 1 is 1.15 bits per heavy atom. The number of carbonyl (C=O) groups is 1. The van der Waals surface area contributed by atoms with E-state index in [1.54, 1.807) is 12.1 Å². The number of hydrogen-bond acceptors (Lipinski definition) is 2. The molecule has 2 rings (SSSR count). The van der Waals surface area contributed by atoms with Crippen molar-refractivity contribution in [1.29, 1.82) is 0 Å². The summed E-state index contributed by atoms with van der Waals surface area (Å²) in [6.45, 7) is 0. The summed E-state index contributed by atoms with van der Waals surface area (Å²) in [6.07, 6.45) is 0. The van der Waals surface area contributed by atoms with Crippen LogP contribution in [0.5, 0.6) is 0 Å². The summed E-state index contributed by atoms with van der Waals surface area (Å²) in [7, 11) is 3.95. The first kappa shape index (κ1) is 14.4. The number of nitrogens with one attached hydrogen (secondary N) is 1. The van der Waals surface area contributed by atoms with Crippen molar-refractivity contribution in [2.24, 2.45) is 0 Å². The summed E-state index contributed by atoms with van der Waals surface area (Å²) in [5.74, 6) is 0.271. The average molecular weight is 289 g/mol. The first-order valence-corrected chi connectivity index (χ1v) is 6.87. The lowest BCUT2D eigenvalue weighted by molar-refractivity contribution is 0.102. The number of nitrogens with zero attached hydrogens (tertiary/aromatic N) is 1. The van der Waals surface area contributed by atoms with E-state index in [0.29, 0.717) is 11.4 Å². The molecule has 0 saturated carbocycles. The number of rotatable bonds is 4. The number of amides is 1. The van der Waals surface area contributed by atoms with Crippen LogP contribution in [0.1, 0.15) is 15.9 Å². The fourth-order valence-corrected chi connectivity index (χ4v) is 2.01. The molecule has 0 atom stereocenters. The van der Waals surface area contributed by atoms with Gasteiger partial charge < -0.3 is 10.2 Å². The van der Waals surface area contributed by atoms with Crippen molar-refractivity contribution in [1.82, 2.24) is 0 Å². The summed E-state index contributed by atoms with van der Waals surface area (Å²) in [4.78, 5) is 14.1. The zero-order chi connectivity index (χ0) is 14.5. The van der Waals surface area contributed by atoms with Crippen molar-refractivity contribution in [3.8, 4) is 0 Å². The van der Waals surface area contributed by atoms with Crippen molar-refractivity contribution in [3.05, 3.63) is 59.7 Å². The van der Waals surface area contributed by atoms with Crippen molar-refractivity contribution < 1.29 is 4.79 Å². The maximum Gasteiger partial charge on any atom is 0.255 e. The van der Waals surface area contributed by atoms with Crippen LogP contribution in [0.25, 0.3) is 0 Å². The lowest BCUT2D eigenvalue weighted by Gasteiger charge is -2.13. The smallest absolute Gasteiger partial charge is 0.255 e. The number of benzene rings is 2. The van der Waals surface area contributed by atoms with E-state index in [2.05, 4.69) is 5.32 Å². The van der Waals surface area contributed by atoms with E-state index >= 15 is 0 Å². The van der Waals surface area contributed by atoms with Gasteiger partial charge in [0.1, 0.15) is 0 Å². The fourth-order valence-electron chi connectivity index (χ4n) is 1.84. The molecule has 0 aliphatic carbocycles. The topological polar surface area (TPSA) is 32.3 Å². The maximum atomic E-state index is 12.1. The average Bonchev–Trinajstić information content (AvgIpc) is 2.47. The molecule has 20 heavy (non-hydrogen) atoms. The minimum absolute atomic E-state index is 0.130. The molecule has 0 aliphatic heterocycles. The summed E-state index contributed by atoms with van der Waals surface area (Å²) in [5, 5.41) is 2.88. The lowest BCUT2D eigenvalue weighted by atomic mass is 10.1. The van der Waals surface area contributed by atoms with Crippen molar-refractivity contribution in [2.45, 2.75) is 5.88 Å². The minimum Gasteiger partial charge on any atom is -0.378 e. The highest BCUT2D eigenvalue weighted by Gasteiger charge is 2.06. The van der Waals surface area contributed by atoms with Gasteiger partial charge in [-0.15, -0.1) is 11.6 Å². The number of hydrogen-bond donors (Lipinski definition) is 1. The van der Waals surface area contributed by atoms with E-state index in [1.165, 1.54) is 0 Å². The van der Waals surface area contributed by atoms with Gasteiger partial charge in [-0.2, -0.15) is 0 Å². The number of anilines is 2. The van der Waals surface area contributed by atoms with Gasteiger partial charge in [0.05, 0.1) is 0 Å². The SMILES string of the molecule is CN(C)c1ccc(NC(=O)c2cccc(CCl)c2)cc1. The number of carbonyl (C=O) groups excluding carboxylic acids is 1. The third-order valence-electron chi connectivity index (χ3n) is 2.99. The van der Waals surface area contributed by atoms with E-state index in [0.717, 1.165) is 16.9 Å². The van der Waals surface area contributed by atoms with Crippen molar-refractivity contribution in [3.63, 3.8) is 0 Å². The van der Waals surface area contributed by atoms with Crippen LogP contribution in [0.4, 0.5) is 11.4 Å². The van der Waals surface area contributed by atoms with Gasteiger partial charge in [0.2, 0.25) is 0 Å². The summed E-state index contributed by atoms with van der Waals surface area (Å²) in [5.41, 5.74) is 3.41. The van der Waals surface area contributed by atoms with Crippen molar-refractivity contribution >= 4 is 28.9 Å². The molecule has 1 amide bonds. The molecule has 2 aromatic carbocycles. The third-order valence-corrected chi connectivity index (χ3v) is 3.29. The van der Waals surface area contributed by atoms with E-state index in [-0.39, 0.29) is 5.91 Å². The van der Waals surface area contributed by atoms with Gasteiger partial charge in [0.25, 0.3) is 5.91 Å². The molecule has 0 unspecified atom stereocenters. The van der Waals surface area contributed by atoms with Gasteiger partial charge in [-0.3, -0.25) is 4.79 Å². The third kappa shape index (κ3) is 3.52. The molecule has 0 bridgehead atoms. The van der Waals surface area contributed by atoms with Gasteiger partial charge in [-0.1, -0.05) is 12.1 Å². The molecule has 104 valence electrons. The molecule has 2 aromatic rings. The summed E-state index contributed by atoms with van der Waals surface area (Å²) >= 11 is 5.77. The Hall–Kier alpha value is -2.00. The van der Waals surface area contributed by atoms with Crippen LogP contribution in [0, 0.1) is 0 Å². The Morgan fingerprint density at radius 2 is 1.85 bits per heavy atom. The van der Waals surface area contributed by atoms with Gasteiger partial charge in [0.15, 0.2) is 0 Å². The molecule has 3 nitrogen and oxygen atoms in total. The number of alkyl halides is 1. The van der Waals surface area contributed by atoms with E-state index in [1.807, 2.05) is 55.4 Å². The first-order chi connectivity index (χ1) is 9.60. The molecular weight excluding hydrogens is 272 g/mol. The molecule has 0 radical (unpaired) electrons. The molecule has 0 spiro atoms. The first-order valence-electron chi connectivity index (χ1n) is 6.34. The molecule has 1 N–H and O–H groups in total.